The third-order valence-corrected chi connectivity index (χ3v) is 7.19. The molecule has 1 aromatic heterocycles. The molecule has 3 aromatic carbocycles. The van der Waals surface area contributed by atoms with Crippen molar-refractivity contribution in [3.63, 3.8) is 0 Å². The summed E-state index contributed by atoms with van der Waals surface area (Å²) in [4.78, 5) is 21.0. The zero-order valence-electron chi connectivity index (χ0n) is 20.6. The number of rotatable bonds is 7. The molecule has 0 saturated heterocycles. The van der Waals surface area contributed by atoms with Gasteiger partial charge in [-0.1, -0.05) is 71.4 Å². The average molecular weight is 497 g/mol. The fourth-order valence-corrected chi connectivity index (χ4v) is 4.90. The summed E-state index contributed by atoms with van der Waals surface area (Å²) >= 11 is 1.68. The van der Waals surface area contributed by atoms with E-state index in [1.165, 1.54) is 5.56 Å². The van der Waals surface area contributed by atoms with Crippen LogP contribution in [0.4, 0.5) is 4.79 Å². The monoisotopic (exact) mass is 496 g/mol. The Balaban J connectivity index is 1.54. The van der Waals surface area contributed by atoms with E-state index in [1.54, 1.807) is 16.7 Å². The molecule has 2 amide bonds. The van der Waals surface area contributed by atoms with Crippen LogP contribution in [-0.2, 0) is 6.42 Å². The number of nitrogens with zero attached hydrogens (tertiary/aromatic N) is 3. The maximum absolute atomic E-state index is 13.3. The van der Waals surface area contributed by atoms with Gasteiger partial charge in [0.2, 0.25) is 5.82 Å². The van der Waals surface area contributed by atoms with Gasteiger partial charge in [-0.3, -0.25) is 4.90 Å². The van der Waals surface area contributed by atoms with Crippen LogP contribution in [0, 0.1) is 6.92 Å². The summed E-state index contributed by atoms with van der Waals surface area (Å²) in [5.41, 5.74) is 5.78. The summed E-state index contributed by atoms with van der Waals surface area (Å²) in [6.07, 6.45) is 2.78. The van der Waals surface area contributed by atoms with Gasteiger partial charge in [-0.05, 0) is 55.9 Å². The maximum Gasteiger partial charge on any atom is 0.322 e. The number of aryl methyl sites for hydroxylation is 1. The standard InChI is InChI=1S/C29H28N4O2S/c1-19-8-7-11-23(18-19)27-31-28(35-32-27)25-20(2)33(17-16-21-9-5-4-6-10-21)29(34)30-26(25)22-12-14-24(36-3)15-13-22/h4-15,18,26H,16-17H2,1-3H3,(H,30,34). The molecule has 0 bridgehead atoms. The molecule has 2 heterocycles. The molecule has 1 N–H and O–H groups in total. The fraction of sp³-hybridized carbons (Fsp3) is 0.207. The van der Waals surface area contributed by atoms with Crippen molar-refractivity contribution in [1.29, 1.82) is 0 Å². The van der Waals surface area contributed by atoms with E-state index in [0.717, 1.165) is 39.3 Å². The molecule has 1 aliphatic rings. The van der Waals surface area contributed by atoms with Crippen molar-refractivity contribution in [3.8, 4) is 11.4 Å². The topological polar surface area (TPSA) is 71.3 Å². The number of hydrogen-bond donors (Lipinski definition) is 1. The molecule has 0 saturated carbocycles. The van der Waals surface area contributed by atoms with Gasteiger partial charge in [-0.15, -0.1) is 11.8 Å². The molecule has 1 unspecified atom stereocenters. The lowest BCUT2D eigenvalue weighted by Crippen LogP contribution is -2.46. The van der Waals surface area contributed by atoms with E-state index in [0.29, 0.717) is 18.3 Å². The number of urea groups is 1. The molecule has 36 heavy (non-hydrogen) atoms. The third-order valence-electron chi connectivity index (χ3n) is 6.45. The van der Waals surface area contributed by atoms with E-state index in [9.17, 15) is 4.79 Å². The second kappa shape index (κ2) is 10.4. The SMILES string of the molecule is CSc1ccc(C2NC(=O)N(CCc3ccccc3)C(C)=C2c2nc(-c3cccc(C)c3)no2)cc1. The molecule has 0 fully saturated rings. The van der Waals surface area contributed by atoms with Crippen molar-refractivity contribution in [2.75, 3.05) is 12.8 Å². The number of aromatic nitrogens is 2. The minimum Gasteiger partial charge on any atom is -0.334 e. The molecule has 5 rings (SSSR count). The first kappa shape index (κ1) is 23.9. The van der Waals surface area contributed by atoms with E-state index in [2.05, 4.69) is 34.7 Å². The Labute approximate surface area is 215 Å². The summed E-state index contributed by atoms with van der Waals surface area (Å²) in [5.74, 6) is 0.936. The first-order valence-corrected chi connectivity index (χ1v) is 13.1. The molecule has 1 aliphatic heterocycles. The highest BCUT2D eigenvalue weighted by Crippen LogP contribution is 2.38. The minimum atomic E-state index is -0.396. The van der Waals surface area contributed by atoms with Crippen molar-refractivity contribution in [2.24, 2.45) is 0 Å². The highest BCUT2D eigenvalue weighted by atomic mass is 32.2. The Kier molecular flexibility index (Phi) is 6.91. The first-order chi connectivity index (χ1) is 17.5. The number of hydrogen-bond acceptors (Lipinski definition) is 5. The Morgan fingerprint density at radius 1 is 1.00 bits per heavy atom. The van der Waals surface area contributed by atoms with E-state index in [4.69, 9.17) is 9.51 Å². The fourth-order valence-electron chi connectivity index (χ4n) is 4.49. The summed E-state index contributed by atoms with van der Waals surface area (Å²) in [7, 11) is 0. The van der Waals surface area contributed by atoms with E-state index in [1.807, 2.05) is 74.7 Å². The third kappa shape index (κ3) is 4.93. The van der Waals surface area contributed by atoms with Crippen LogP contribution in [0.3, 0.4) is 0 Å². The Bertz CT molecular complexity index is 1400. The van der Waals surface area contributed by atoms with Crippen LogP contribution < -0.4 is 5.32 Å². The summed E-state index contributed by atoms with van der Waals surface area (Å²) in [5, 5.41) is 7.46. The normalized spacial score (nSPS) is 15.8. The molecule has 182 valence electrons. The molecule has 0 radical (unpaired) electrons. The van der Waals surface area contributed by atoms with E-state index in [-0.39, 0.29) is 6.03 Å². The van der Waals surface area contributed by atoms with Gasteiger partial charge in [-0.2, -0.15) is 4.98 Å². The maximum atomic E-state index is 13.3. The first-order valence-electron chi connectivity index (χ1n) is 11.9. The van der Waals surface area contributed by atoms with Crippen LogP contribution >= 0.6 is 11.8 Å². The smallest absolute Gasteiger partial charge is 0.322 e. The van der Waals surface area contributed by atoms with Gasteiger partial charge >= 0.3 is 6.03 Å². The summed E-state index contributed by atoms with van der Waals surface area (Å²) < 4.78 is 5.81. The molecule has 6 nitrogen and oxygen atoms in total. The molecule has 4 aromatic rings. The lowest BCUT2D eigenvalue weighted by atomic mass is 9.94. The van der Waals surface area contributed by atoms with Crippen LogP contribution in [0.5, 0.6) is 0 Å². The summed E-state index contributed by atoms with van der Waals surface area (Å²) in [6, 6.07) is 25.9. The number of amides is 2. The highest BCUT2D eigenvalue weighted by Gasteiger charge is 2.35. The minimum absolute atomic E-state index is 0.135. The predicted molar refractivity (Wildman–Crippen MR) is 143 cm³/mol. The van der Waals surface area contributed by atoms with Crippen LogP contribution in [0.15, 0.2) is 94.0 Å². The second-order valence-electron chi connectivity index (χ2n) is 8.83. The number of carbonyl (C=O) groups excluding carboxylic acids is 1. The van der Waals surface area contributed by atoms with Gasteiger partial charge in [0, 0.05) is 22.7 Å². The van der Waals surface area contributed by atoms with Crippen LogP contribution in [0.1, 0.15) is 35.5 Å². The van der Waals surface area contributed by atoms with E-state index < -0.39 is 6.04 Å². The van der Waals surface area contributed by atoms with Gasteiger partial charge in [0.25, 0.3) is 5.89 Å². The lowest BCUT2D eigenvalue weighted by Gasteiger charge is -2.35. The van der Waals surface area contributed by atoms with Gasteiger partial charge < -0.3 is 9.84 Å². The molecular formula is C29H28N4O2S. The zero-order valence-corrected chi connectivity index (χ0v) is 21.4. The van der Waals surface area contributed by atoms with Crippen molar-refractivity contribution < 1.29 is 9.32 Å². The van der Waals surface area contributed by atoms with Crippen LogP contribution in [-0.4, -0.2) is 33.9 Å². The van der Waals surface area contributed by atoms with Gasteiger partial charge in [0.1, 0.15) is 0 Å². The average Bonchev–Trinajstić information content (AvgIpc) is 3.39. The quantitative estimate of drug-likeness (QED) is 0.296. The van der Waals surface area contributed by atoms with Crippen molar-refractivity contribution >= 4 is 23.4 Å². The van der Waals surface area contributed by atoms with Crippen molar-refractivity contribution in [2.45, 2.75) is 31.2 Å². The Morgan fingerprint density at radius 2 is 1.78 bits per heavy atom. The highest BCUT2D eigenvalue weighted by molar-refractivity contribution is 7.98. The Hall–Kier alpha value is -3.84. The number of benzene rings is 3. The summed E-state index contributed by atoms with van der Waals surface area (Å²) in [6.45, 7) is 4.54. The van der Waals surface area contributed by atoms with Crippen molar-refractivity contribution in [3.05, 3.63) is 107 Å². The van der Waals surface area contributed by atoms with Gasteiger partial charge in [0.15, 0.2) is 0 Å². The zero-order chi connectivity index (χ0) is 25.1. The second-order valence-corrected chi connectivity index (χ2v) is 9.71. The largest absolute Gasteiger partial charge is 0.334 e. The predicted octanol–water partition coefficient (Wildman–Crippen LogP) is 6.51. The van der Waals surface area contributed by atoms with Crippen LogP contribution in [0.2, 0.25) is 0 Å². The molecule has 1 atom stereocenters. The van der Waals surface area contributed by atoms with E-state index >= 15 is 0 Å². The number of nitrogens with one attached hydrogen (secondary N) is 1. The number of carbonyl (C=O) groups is 1. The molecule has 0 aliphatic carbocycles. The van der Waals surface area contributed by atoms with Gasteiger partial charge in [-0.25, -0.2) is 4.79 Å². The number of allylic oxidation sites excluding steroid dienone is 1. The molecule has 0 spiro atoms. The molecule has 7 heteroatoms. The van der Waals surface area contributed by atoms with Gasteiger partial charge in [0.05, 0.1) is 11.6 Å². The van der Waals surface area contributed by atoms with Crippen molar-refractivity contribution in [1.82, 2.24) is 20.4 Å². The number of thioether (sulfide) groups is 1. The Morgan fingerprint density at radius 3 is 2.50 bits per heavy atom. The molecular weight excluding hydrogens is 468 g/mol. The lowest BCUT2D eigenvalue weighted by molar-refractivity contribution is 0.205. The van der Waals surface area contributed by atoms with Crippen LogP contribution in [0.25, 0.3) is 17.0 Å².